The number of nitro groups is 1. The SMILES string of the molecule is COc1cccc(CNS(=O)(=O)c2cc([N+](=O)[O-])cc(C)c2C)c1. The van der Waals surface area contributed by atoms with Crippen LogP contribution in [0.25, 0.3) is 0 Å². The van der Waals surface area contributed by atoms with Gasteiger partial charge in [0.25, 0.3) is 5.69 Å². The molecule has 24 heavy (non-hydrogen) atoms. The maximum Gasteiger partial charge on any atom is 0.271 e. The molecule has 0 aliphatic rings. The van der Waals surface area contributed by atoms with E-state index in [4.69, 9.17) is 4.74 Å². The molecule has 2 aromatic rings. The zero-order valence-corrected chi connectivity index (χ0v) is 14.4. The second kappa shape index (κ2) is 6.98. The Morgan fingerprint density at radius 1 is 1.21 bits per heavy atom. The number of non-ortho nitro benzene ring substituents is 1. The molecule has 7 nitrogen and oxygen atoms in total. The minimum Gasteiger partial charge on any atom is -0.497 e. The molecule has 0 amide bonds. The van der Waals surface area contributed by atoms with Gasteiger partial charge in [-0.3, -0.25) is 10.1 Å². The summed E-state index contributed by atoms with van der Waals surface area (Å²) in [4.78, 5) is 10.3. The molecule has 0 spiro atoms. The average molecular weight is 350 g/mol. The Balaban J connectivity index is 2.31. The summed E-state index contributed by atoms with van der Waals surface area (Å²) in [5.41, 5.74) is 1.50. The van der Waals surface area contributed by atoms with Gasteiger partial charge in [0.15, 0.2) is 0 Å². The van der Waals surface area contributed by atoms with E-state index in [1.807, 2.05) is 0 Å². The maximum atomic E-state index is 12.5. The second-order valence-corrected chi connectivity index (χ2v) is 7.05. The first-order valence-electron chi connectivity index (χ1n) is 7.13. The number of sulfonamides is 1. The van der Waals surface area contributed by atoms with Crippen LogP contribution in [0.15, 0.2) is 41.3 Å². The van der Waals surface area contributed by atoms with E-state index in [2.05, 4.69) is 4.72 Å². The highest BCUT2D eigenvalue weighted by molar-refractivity contribution is 7.89. The van der Waals surface area contributed by atoms with Gasteiger partial charge in [0.1, 0.15) is 5.75 Å². The number of aryl methyl sites for hydroxylation is 1. The predicted octanol–water partition coefficient (Wildman–Crippen LogP) is 2.70. The number of ether oxygens (including phenoxy) is 1. The van der Waals surface area contributed by atoms with Gasteiger partial charge in [-0.25, -0.2) is 13.1 Å². The quantitative estimate of drug-likeness (QED) is 0.638. The van der Waals surface area contributed by atoms with Crippen LogP contribution in [-0.2, 0) is 16.6 Å². The molecular formula is C16H18N2O5S. The van der Waals surface area contributed by atoms with Crippen LogP contribution in [0.5, 0.6) is 5.75 Å². The van der Waals surface area contributed by atoms with Crippen molar-refractivity contribution in [1.82, 2.24) is 4.72 Å². The van der Waals surface area contributed by atoms with Crippen LogP contribution in [0, 0.1) is 24.0 Å². The number of nitrogens with one attached hydrogen (secondary N) is 1. The molecular weight excluding hydrogens is 332 g/mol. The lowest BCUT2D eigenvalue weighted by molar-refractivity contribution is -0.385. The van der Waals surface area contributed by atoms with Crippen LogP contribution in [0.3, 0.4) is 0 Å². The number of methoxy groups -OCH3 is 1. The lowest BCUT2D eigenvalue weighted by atomic mass is 10.1. The molecule has 0 fully saturated rings. The summed E-state index contributed by atoms with van der Waals surface area (Å²) in [5.74, 6) is 0.620. The molecule has 0 saturated carbocycles. The van der Waals surface area contributed by atoms with Gasteiger partial charge in [0, 0.05) is 18.7 Å². The third-order valence-corrected chi connectivity index (χ3v) is 5.23. The molecule has 0 radical (unpaired) electrons. The zero-order chi connectivity index (χ0) is 17.9. The van der Waals surface area contributed by atoms with Gasteiger partial charge >= 0.3 is 0 Å². The van der Waals surface area contributed by atoms with Crippen molar-refractivity contribution in [2.24, 2.45) is 0 Å². The van der Waals surface area contributed by atoms with Crippen LogP contribution in [0.2, 0.25) is 0 Å². The fraction of sp³-hybridized carbons (Fsp3) is 0.250. The number of nitrogens with zero attached hydrogens (tertiary/aromatic N) is 1. The molecule has 1 N–H and O–H groups in total. The van der Waals surface area contributed by atoms with Crippen LogP contribution in [0.1, 0.15) is 16.7 Å². The molecule has 128 valence electrons. The van der Waals surface area contributed by atoms with E-state index in [1.54, 1.807) is 38.1 Å². The summed E-state index contributed by atoms with van der Waals surface area (Å²) < 4.78 is 32.7. The van der Waals surface area contributed by atoms with Gasteiger partial charge in [0.2, 0.25) is 10.0 Å². The van der Waals surface area contributed by atoms with Crippen LogP contribution < -0.4 is 9.46 Å². The van der Waals surface area contributed by atoms with E-state index in [0.717, 1.165) is 11.6 Å². The fourth-order valence-electron chi connectivity index (χ4n) is 2.23. The normalized spacial score (nSPS) is 11.3. The minimum absolute atomic E-state index is 0.0563. The molecule has 0 bridgehead atoms. The van der Waals surface area contributed by atoms with Crippen molar-refractivity contribution in [3.05, 3.63) is 63.2 Å². The first-order chi connectivity index (χ1) is 11.2. The van der Waals surface area contributed by atoms with Gasteiger partial charge in [-0.2, -0.15) is 0 Å². The maximum absolute atomic E-state index is 12.5. The van der Waals surface area contributed by atoms with E-state index in [1.165, 1.54) is 13.2 Å². The third-order valence-electron chi connectivity index (χ3n) is 3.71. The van der Waals surface area contributed by atoms with Crippen molar-refractivity contribution >= 4 is 15.7 Å². The van der Waals surface area contributed by atoms with Crippen molar-refractivity contribution in [2.75, 3.05) is 7.11 Å². The van der Waals surface area contributed by atoms with E-state index in [9.17, 15) is 18.5 Å². The predicted molar refractivity (Wildman–Crippen MR) is 89.6 cm³/mol. The van der Waals surface area contributed by atoms with Gasteiger partial charge in [-0.1, -0.05) is 12.1 Å². The van der Waals surface area contributed by atoms with E-state index < -0.39 is 14.9 Å². The Hall–Kier alpha value is -2.45. The largest absolute Gasteiger partial charge is 0.497 e. The number of rotatable bonds is 6. The third kappa shape index (κ3) is 3.90. The highest BCUT2D eigenvalue weighted by Gasteiger charge is 2.22. The fourth-order valence-corrected chi connectivity index (χ4v) is 3.58. The van der Waals surface area contributed by atoms with Crippen LogP contribution >= 0.6 is 0 Å². The molecule has 2 aromatic carbocycles. The Kier molecular flexibility index (Phi) is 5.20. The van der Waals surface area contributed by atoms with Crippen molar-refractivity contribution in [3.8, 4) is 5.75 Å². The standard InChI is InChI=1S/C16H18N2O5S/c1-11-7-14(18(19)20)9-16(12(11)2)24(21,22)17-10-13-5-4-6-15(8-13)23-3/h4-9,17H,10H2,1-3H3. The molecule has 0 saturated heterocycles. The summed E-state index contributed by atoms with van der Waals surface area (Å²) in [6.07, 6.45) is 0. The van der Waals surface area contributed by atoms with E-state index >= 15 is 0 Å². The molecule has 0 heterocycles. The minimum atomic E-state index is -3.88. The monoisotopic (exact) mass is 350 g/mol. The van der Waals surface area contributed by atoms with Crippen molar-refractivity contribution in [3.63, 3.8) is 0 Å². The molecule has 2 rings (SSSR count). The number of hydrogen-bond donors (Lipinski definition) is 1. The van der Waals surface area contributed by atoms with Gasteiger partial charge in [0.05, 0.1) is 16.9 Å². The summed E-state index contributed by atoms with van der Waals surface area (Å²) in [7, 11) is -2.36. The van der Waals surface area contributed by atoms with Gasteiger partial charge in [-0.05, 0) is 42.7 Å². The highest BCUT2D eigenvalue weighted by Crippen LogP contribution is 2.25. The van der Waals surface area contributed by atoms with E-state index in [0.29, 0.717) is 16.9 Å². The molecule has 0 aromatic heterocycles. The topological polar surface area (TPSA) is 98.5 Å². The Labute approximate surface area is 140 Å². The molecule has 0 unspecified atom stereocenters. The van der Waals surface area contributed by atoms with Gasteiger partial charge in [-0.15, -0.1) is 0 Å². The number of hydrogen-bond acceptors (Lipinski definition) is 5. The Morgan fingerprint density at radius 2 is 1.92 bits per heavy atom. The first-order valence-corrected chi connectivity index (χ1v) is 8.61. The summed E-state index contributed by atoms with van der Waals surface area (Å²) >= 11 is 0. The van der Waals surface area contributed by atoms with Crippen LogP contribution in [0.4, 0.5) is 5.69 Å². The molecule has 0 atom stereocenters. The van der Waals surface area contributed by atoms with Gasteiger partial charge < -0.3 is 4.74 Å². The molecule has 0 aliphatic heterocycles. The zero-order valence-electron chi connectivity index (χ0n) is 13.6. The second-order valence-electron chi connectivity index (χ2n) is 5.32. The summed E-state index contributed by atoms with van der Waals surface area (Å²) in [6, 6.07) is 9.43. The molecule has 8 heteroatoms. The smallest absolute Gasteiger partial charge is 0.271 e. The van der Waals surface area contributed by atoms with Crippen molar-refractivity contribution in [1.29, 1.82) is 0 Å². The average Bonchev–Trinajstić information content (AvgIpc) is 2.55. The lowest BCUT2D eigenvalue weighted by Gasteiger charge is -2.11. The molecule has 0 aliphatic carbocycles. The summed E-state index contributed by atoms with van der Waals surface area (Å²) in [5, 5.41) is 11.0. The van der Waals surface area contributed by atoms with Crippen LogP contribution in [-0.4, -0.2) is 20.5 Å². The van der Waals surface area contributed by atoms with Crippen molar-refractivity contribution in [2.45, 2.75) is 25.3 Å². The first kappa shape index (κ1) is 17.9. The van der Waals surface area contributed by atoms with Crippen molar-refractivity contribution < 1.29 is 18.1 Å². The Morgan fingerprint density at radius 3 is 2.54 bits per heavy atom. The Bertz CT molecular complexity index is 878. The van der Waals surface area contributed by atoms with E-state index in [-0.39, 0.29) is 17.1 Å². The summed E-state index contributed by atoms with van der Waals surface area (Å²) in [6.45, 7) is 3.32. The number of benzene rings is 2. The lowest BCUT2D eigenvalue weighted by Crippen LogP contribution is -2.24. The number of nitro benzene ring substituents is 1. The highest BCUT2D eigenvalue weighted by atomic mass is 32.2.